The maximum absolute atomic E-state index is 12.5. The molecule has 1 atom stereocenters. The van der Waals surface area contributed by atoms with E-state index in [2.05, 4.69) is 0 Å². The van der Waals surface area contributed by atoms with Crippen molar-refractivity contribution in [1.82, 2.24) is 4.31 Å². The molecule has 1 N–H and O–H groups in total. The van der Waals surface area contributed by atoms with Gasteiger partial charge in [-0.25, -0.2) is 8.42 Å². The Bertz CT molecular complexity index is 482. The Morgan fingerprint density at radius 3 is 2.63 bits per heavy atom. The van der Waals surface area contributed by atoms with Gasteiger partial charge in [0.15, 0.2) is 0 Å². The molecular weight excluding hydrogens is 270 g/mol. The molecule has 0 aliphatic heterocycles. The lowest BCUT2D eigenvalue weighted by Crippen LogP contribution is -2.40. The molecule has 0 saturated carbocycles. The van der Waals surface area contributed by atoms with E-state index >= 15 is 0 Å². The summed E-state index contributed by atoms with van der Waals surface area (Å²) in [4.78, 5) is 0. The van der Waals surface area contributed by atoms with Crippen LogP contribution in [0.1, 0.15) is 26.0 Å². The summed E-state index contributed by atoms with van der Waals surface area (Å²) in [5.74, 6) is 0.231. The van der Waals surface area contributed by atoms with Crippen molar-refractivity contribution >= 4 is 10.0 Å². The second-order valence-electron chi connectivity index (χ2n) is 4.24. The molecule has 0 saturated heterocycles. The first-order valence-electron chi connectivity index (χ1n) is 6.17. The highest BCUT2D eigenvalue weighted by Crippen LogP contribution is 2.21. The number of rotatable bonds is 8. The summed E-state index contributed by atoms with van der Waals surface area (Å²) in [6, 6.07) is 2.67. The molecule has 0 fully saturated rings. The molecule has 1 aromatic rings. The number of ether oxygens (including phenoxy) is 1. The van der Waals surface area contributed by atoms with Crippen LogP contribution in [0.2, 0.25) is 0 Å². The monoisotopic (exact) mass is 291 g/mol. The van der Waals surface area contributed by atoms with Gasteiger partial charge >= 0.3 is 0 Å². The first kappa shape index (κ1) is 16.2. The third-order valence-electron chi connectivity index (χ3n) is 2.95. The molecule has 7 heteroatoms. The van der Waals surface area contributed by atoms with Crippen molar-refractivity contribution in [3.05, 3.63) is 17.9 Å². The summed E-state index contributed by atoms with van der Waals surface area (Å²) in [5.41, 5.74) is 0. The zero-order valence-electron chi connectivity index (χ0n) is 11.5. The molecular formula is C12H21NO5S. The smallest absolute Gasteiger partial charge is 0.276 e. The molecule has 1 unspecified atom stereocenters. The van der Waals surface area contributed by atoms with E-state index in [9.17, 15) is 8.42 Å². The van der Waals surface area contributed by atoms with E-state index in [-0.39, 0.29) is 30.0 Å². The zero-order chi connectivity index (χ0) is 14.5. The van der Waals surface area contributed by atoms with Crippen molar-refractivity contribution in [2.75, 3.05) is 20.3 Å². The van der Waals surface area contributed by atoms with Crippen molar-refractivity contribution < 1.29 is 22.7 Å². The van der Waals surface area contributed by atoms with Crippen LogP contribution in [-0.4, -0.2) is 44.1 Å². The second-order valence-corrected chi connectivity index (χ2v) is 6.07. The van der Waals surface area contributed by atoms with Gasteiger partial charge in [0, 0.05) is 19.7 Å². The number of aliphatic hydroxyl groups excluding tert-OH is 1. The largest absolute Gasteiger partial charge is 0.446 e. The van der Waals surface area contributed by atoms with Gasteiger partial charge in [-0.1, -0.05) is 6.92 Å². The van der Waals surface area contributed by atoms with E-state index in [1.54, 1.807) is 0 Å². The van der Waals surface area contributed by atoms with Crippen molar-refractivity contribution in [1.29, 1.82) is 0 Å². The summed E-state index contributed by atoms with van der Waals surface area (Å²) in [5, 5.41) is 8.78. The quantitative estimate of drug-likeness (QED) is 0.778. The van der Waals surface area contributed by atoms with Crippen LogP contribution < -0.4 is 0 Å². The minimum absolute atomic E-state index is 0.145. The van der Waals surface area contributed by atoms with Gasteiger partial charge in [-0.3, -0.25) is 0 Å². The fraction of sp³-hybridized carbons (Fsp3) is 0.667. The summed E-state index contributed by atoms with van der Waals surface area (Å²) in [7, 11) is -2.17. The molecule has 0 spiro atoms. The van der Waals surface area contributed by atoms with Gasteiger partial charge in [-0.15, -0.1) is 0 Å². The molecule has 0 aliphatic rings. The van der Waals surface area contributed by atoms with Gasteiger partial charge < -0.3 is 14.3 Å². The van der Waals surface area contributed by atoms with E-state index in [1.165, 1.54) is 23.5 Å². The lowest BCUT2D eigenvalue weighted by molar-refractivity contribution is 0.166. The molecule has 0 radical (unpaired) electrons. The first-order valence-corrected chi connectivity index (χ1v) is 7.61. The highest BCUT2D eigenvalue weighted by atomic mass is 32.2. The Labute approximate surface area is 114 Å². The first-order chi connectivity index (χ1) is 8.97. The highest BCUT2D eigenvalue weighted by molar-refractivity contribution is 7.89. The Morgan fingerprint density at radius 1 is 1.47 bits per heavy atom. The lowest BCUT2D eigenvalue weighted by Gasteiger charge is -2.26. The highest BCUT2D eigenvalue weighted by Gasteiger charge is 2.30. The van der Waals surface area contributed by atoms with Gasteiger partial charge in [-0.2, -0.15) is 4.31 Å². The predicted octanol–water partition coefficient (Wildman–Crippen LogP) is 1.21. The van der Waals surface area contributed by atoms with Gasteiger partial charge in [-0.05, 0) is 25.5 Å². The van der Waals surface area contributed by atoms with Gasteiger partial charge in [0.1, 0.15) is 12.4 Å². The molecule has 0 amide bonds. The number of methoxy groups -OCH3 is 1. The van der Waals surface area contributed by atoms with Crippen LogP contribution in [0, 0.1) is 0 Å². The molecule has 0 aliphatic carbocycles. The summed E-state index contributed by atoms with van der Waals surface area (Å²) in [6.07, 6.45) is 0.691. The maximum Gasteiger partial charge on any atom is 0.276 e. The molecule has 6 nitrogen and oxygen atoms in total. The van der Waals surface area contributed by atoms with Crippen LogP contribution in [0.5, 0.6) is 0 Å². The van der Waals surface area contributed by atoms with Crippen LogP contribution in [0.4, 0.5) is 0 Å². The van der Waals surface area contributed by atoms with Crippen LogP contribution in [-0.2, 0) is 21.4 Å². The number of furan rings is 1. The van der Waals surface area contributed by atoms with Crippen LogP contribution in [0.15, 0.2) is 21.6 Å². The summed E-state index contributed by atoms with van der Waals surface area (Å²) >= 11 is 0. The van der Waals surface area contributed by atoms with E-state index < -0.39 is 10.0 Å². The van der Waals surface area contributed by atoms with Gasteiger partial charge in [0.05, 0.1) is 6.61 Å². The average Bonchev–Trinajstić information content (AvgIpc) is 2.88. The minimum atomic E-state index is -3.70. The van der Waals surface area contributed by atoms with Crippen molar-refractivity contribution in [2.45, 2.75) is 38.0 Å². The molecule has 0 bridgehead atoms. The van der Waals surface area contributed by atoms with E-state index in [0.29, 0.717) is 13.0 Å². The number of sulfonamides is 1. The molecule has 0 aromatic carbocycles. The van der Waals surface area contributed by atoms with E-state index in [1.807, 2.05) is 13.8 Å². The molecule has 1 rings (SSSR count). The fourth-order valence-corrected chi connectivity index (χ4v) is 3.28. The third-order valence-corrected chi connectivity index (χ3v) is 4.84. The number of aliphatic hydroxyl groups is 1. The second kappa shape index (κ2) is 7.04. The minimum Gasteiger partial charge on any atom is -0.446 e. The summed E-state index contributed by atoms with van der Waals surface area (Å²) < 4.78 is 36.4. The van der Waals surface area contributed by atoms with Crippen molar-refractivity contribution in [3.8, 4) is 0 Å². The number of nitrogens with zero attached hydrogens (tertiary/aromatic N) is 1. The van der Waals surface area contributed by atoms with Crippen LogP contribution >= 0.6 is 0 Å². The molecule has 19 heavy (non-hydrogen) atoms. The van der Waals surface area contributed by atoms with Crippen LogP contribution in [0.3, 0.4) is 0 Å². The Hall–Kier alpha value is -0.890. The van der Waals surface area contributed by atoms with Gasteiger partial charge in [0.25, 0.3) is 10.0 Å². The van der Waals surface area contributed by atoms with E-state index in [4.69, 9.17) is 14.3 Å². The average molecular weight is 291 g/mol. The van der Waals surface area contributed by atoms with Crippen LogP contribution in [0.25, 0.3) is 0 Å². The zero-order valence-corrected chi connectivity index (χ0v) is 12.3. The SMILES string of the molecule is CCC(C)N(CCOC)S(=O)(=O)c1ccc(CO)o1. The van der Waals surface area contributed by atoms with Crippen molar-refractivity contribution in [2.24, 2.45) is 0 Å². The van der Waals surface area contributed by atoms with Crippen molar-refractivity contribution in [3.63, 3.8) is 0 Å². The fourth-order valence-electron chi connectivity index (χ4n) is 1.66. The molecule has 1 aromatic heterocycles. The summed E-state index contributed by atoms with van der Waals surface area (Å²) in [6.45, 7) is 4.02. The Balaban J connectivity index is 3.04. The van der Waals surface area contributed by atoms with Gasteiger partial charge in [0.2, 0.25) is 5.09 Å². The maximum atomic E-state index is 12.5. The number of hydrogen-bond donors (Lipinski definition) is 1. The topological polar surface area (TPSA) is 80.0 Å². The third kappa shape index (κ3) is 3.79. The Morgan fingerprint density at radius 2 is 2.16 bits per heavy atom. The predicted molar refractivity (Wildman–Crippen MR) is 70.2 cm³/mol. The Kier molecular flexibility index (Phi) is 5.99. The standard InChI is InChI=1S/C12H21NO5S/c1-4-10(2)13(7-8-17-3)19(15,16)12-6-5-11(9-14)18-12/h5-6,10,14H,4,7-9H2,1-3H3. The lowest BCUT2D eigenvalue weighted by atomic mass is 10.3. The normalized spacial score (nSPS) is 13.9. The molecule has 110 valence electrons. The van der Waals surface area contributed by atoms with E-state index in [0.717, 1.165) is 0 Å². The number of hydrogen-bond acceptors (Lipinski definition) is 5. The molecule has 1 heterocycles.